The molecule has 0 amide bonds. The lowest BCUT2D eigenvalue weighted by Gasteiger charge is -2.29. The van der Waals surface area contributed by atoms with E-state index >= 15 is 0 Å². The van der Waals surface area contributed by atoms with Crippen LogP contribution in [0.4, 0.5) is 0 Å². The minimum Gasteiger partial charge on any atom is -0.490 e. The van der Waals surface area contributed by atoms with Crippen molar-refractivity contribution in [2.24, 2.45) is 0 Å². The molecule has 0 aliphatic carbocycles. The van der Waals surface area contributed by atoms with Crippen LogP contribution in [0.25, 0.3) is 0 Å². The van der Waals surface area contributed by atoms with Gasteiger partial charge in [-0.25, -0.2) is 0 Å². The van der Waals surface area contributed by atoms with Crippen molar-refractivity contribution < 1.29 is 9.47 Å². The fourth-order valence-electron chi connectivity index (χ4n) is 2.46. The van der Waals surface area contributed by atoms with E-state index in [1.54, 1.807) is 0 Å². The Balaban J connectivity index is 3.03. The molecule has 1 rings (SSSR count). The largest absolute Gasteiger partial charge is 0.490 e. The van der Waals surface area contributed by atoms with Crippen molar-refractivity contribution in [2.45, 2.75) is 52.5 Å². The Kier molecular flexibility index (Phi) is 6.34. The molecule has 0 aliphatic heterocycles. The minimum atomic E-state index is 0.0963. The Morgan fingerprint density at radius 2 is 1.70 bits per heavy atom. The second kappa shape index (κ2) is 7.53. The lowest BCUT2D eigenvalue weighted by atomic mass is 9.79. The van der Waals surface area contributed by atoms with Crippen LogP contribution in [0.5, 0.6) is 11.5 Å². The van der Waals surface area contributed by atoms with E-state index < -0.39 is 0 Å². The average Bonchev–Trinajstić information content (AvgIpc) is 2.40. The van der Waals surface area contributed by atoms with E-state index in [-0.39, 0.29) is 5.41 Å². The Hall–Kier alpha value is -1.22. The molecule has 0 bridgehead atoms. The highest BCUT2D eigenvalue weighted by Crippen LogP contribution is 2.35. The lowest BCUT2D eigenvalue weighted by molar-refractivity contribution is 0.286. The highest BCUT2D eigenvalue weighted by atomic mass is 16.5. The Morgan fingerprint density at radius 3 is 2.25 bits per heavy atom. The zero-order valence-corrected chi connectivity index (χ0v) is 13.7. The number of ether oxygens (including phenoxy) is 2. The number of rotatable bonds is 8. The van der Waals surface area contributed by atoms with Crippen molar-refractivity contribution in [1.82, 2.24) is 5.32 Å². The quantitative estimate of drug-likeness (QED) is 0.786. The maximum atomic E-state index is 5.72. The minimum absolute atomic E-state index is 0.0963. The van der Waals surface area contributed by atoms with Crippen molar-refractivity contribution in [1.29, 1.82) is 0 Å². The highest BCUT2D eigenvalue weighted by molar-refractivity contribution is 5.45. The fraction of sp³-hybridized carbons (Fsp3) is 0.647. The third-order valence-electron chi connectivity index (χ3n) is 3.63. The molecule has 0 fully saturated rings. The molecule has 1 aromatic rings. The van der Waals surface area contributed by atoms with Crippen molar-refractivity contribution in [3.05, 3.63) is 23.8 Å². The molecule has 20 heavy (non-hydrogen) atoms. The maximum Gasteiger partial charge on any atom is 0.161 e. The predicted molar refractivity (Wildman–Crippen MR) is 84.9 cm³/mol. The van der Waals surface area contributed by atoms with Crippen LogP contribution in [0.15, 0.2) is 18.2 Å². The van der Waals surface area contributed by atoms with E-state index in [0.717, 1.165) is 17.9 Å². The molecule has 0 aromatic heterocycles. The molecule has 0 spiro atoms. The zero-order valence-electron chi connectivity index (χ0n) is 13.7. The Morgan fingerprint density at radius 1 is 1.10 bits per heavy atom. The molecular weight excluding hydrogens is 250 g/mol. The van der Waals surface area contributed by atoms with E-state index in [4.69, 9.17) is 9.47 Å². The molecule has 3 nitrogen and oxygen atoms in total. The second-order valence-corrected chi connectivity index (χ2v) is 5.81. The summed E-state index contributed by atoms with van der Waals surface area (Å²) in [6.45, 7) is 12.0. The van der Waals surface area contributed by atoms with Crippen molar-refractivity contribution >= 4 is 0 Å². The summed E-state index contributed by atoms with van der Waals surface area (Å²) >= 11 is 0. The molecule has 0 radical (unpaired) electrons. The molecule has 1 unspecified atom stereocenters. The summed E-state index contributed by atoms with van der Waals surface area (Å²) in [5, 5.41) is 3.31. The molecule has 0 aliphatic rings. The summed E-state index contributed by atoms with van der Waals surface area (Å²) in [7, 11) is 2.00. The summed E-state index contributed by atoms with van der Waals surface area (Å²) < 4.78 is 11.3. The third-order valence-corrected chi connectivity index (χ3v) is 3.63. The topological polar surface area (TPSA) is 30.5 Å². The van der Waals surface area contributed by atoms with Gasteiger partial charge in [0.05, 0.1) is 13.2 Å². The van der Waals surface area contributed by atoms with Crippen molar-refractivity contribution in [3.8, 4) is 11.5 Å². The molecule has 114 valence electrons. The SMILES string of the molecule is CCOc1ccc(C(C)(C)CC(C)NC)cc1OCC. The van der Waals surface area contributed by atoms with Crippen molar-refractivity contribution in [2.75, 3.05) is 20.3 Å². The molecule has 1 N–H and O–H groups in total. The van der Waals surface area contributed by atoms with E-state index in [9.17, 15) is 0 Å². The van der Waals surface area contributed by atoms with Crippen LogP contribution in [0.2, 0.25) is 0 Å². The van der Waals surface area contributed by atoms with Gasteiger partial charge in [0, 0.05) is 6.04 Å². The van der Waals surface area contributed by atoms with Gasteiger partial charge in [-0.3, -0.25) is 0 Å². The molecule has 1 atom stereocenters. The summed E-state index contributed by atoms with van der Waals surface area (Å²) in [6, 6.07) is 6.77. The van der Waals surface area contributed by atoms with Gasteiger partial charge in [-0.05, 0) is 57.4 Å². The molecule has 0 saturated heterocycles. The monoisotopic (exact) mass is 279 g/mol. The first-order valence-electron chi connectivity index (χ1n) is 7.52. The molecule has 0 saturated carbocycles. The Bertz CT molecular complexity index is 415. The van der Waals surface area contributed by atoms with Gasteiger partial charge < -0.3 is 14.8 Å². The number of hydrogen-bond acceptors (Lipinski definition) is 3. The van der Waals surface area contributed by atoms with Gasteiger partial charge in [-0.15, -0.1) is 0 Å². The van der Waals surface area contributed by atoms with Gasteiger partial charge in [0.1, 0.15) is 0 Å². The first-order valence-corrected chi connectivity index (χ1v) is 7.52. The van der Waals surface area contributed by atoms with Crippen LogP contribution in [0.3, 0.4) is 0 Å². The van der Waals surface area contributed by atoms with E-state index in [2.05, 4.69) is 38.2 Å². The average molecular weight is 279 g/mol. The first kappa shape index (κ1) is 16.8. The van der Waals surface area contributed by atoms with Crippen LogP contribution >= 0.6 is 0 Å². The van der Waals surface area contributed by atoms with Gasteiger partial charge >= 0.3 is 0 Å². The fourth-order valence-corrected chi connectivity index (χ4v) is 2.46. The van der Waals surface area contributed by atoms with Gasteiger partial charge in [-0.1, -0.05) is 19.9 Å². The Labute approximate surface area is 123 Å². The molecule has 3 heteroatoms. The first-order chi connectivity index (χ1) is 9.44. The van der Waals surface area contributed by atoms with Gasteiger partial charge in [0.2, 0.25) is 0 Å². The van der Waals surface area contributed by atoms with E-state index in [1.165, 1.54) is 5.56 Å². The molecule has 1 aromatic carbocycles. The van der Waals surface area contributed by atoms with Gasteiger partial charge in [-0.2, -0.15) is 0 Å². The van der Waals surface area contributed by atoms with Crippen molar-refractivity contribution in [3.63, 3.8) is 0 Å². The highest BCUT2D eigenvalue weighted by Gasteiger charge is 2.24. The van der Waals surface area contributed by atoms with Crippen LogP contribution < -0.4 is 14.8 Å². The standard InChI is InChI=1S/C17H29NO2/c1-7-19-15-10-9-14(11-16(15)20-8-2)17(4,5)12-13(3)18-6/h9-11,13,18H,7-8,12H2,1-6H3. The summed E-state index contributed by atoms with van der Waals surface area (Å²) in [5.41, 5.74) is 1.38. The molecule has 0 heterocycles. The van der Waals surface area contributed by atoms with Gasteiger partial charge in [0.25, 0.3) is 0 Å². The third kappa shape index (κ3) is 4.41. The summed E-state index contributed by atoms with van der Waals surface area (Å²) in [5.74, 6) is 1.67. The smallest absolute Gasteiger partial charge is 0.161 e. The normalized spacial score (nSPS) is 13.1. The lowest BCUT2D eigenvalue weighted by Crippen LogP contribution is -2.30. The second-order valence-electron chi connectivity index (χ2n) is 5.81. The van der Waals surface area contributed by atoms with Crippen LogP contribution in [-0.2, 0) is 5.41 Å². The van der Waals surface area contributed by atoms with Gasteiger partial charge in [0.15, 0.2) is 11.5 Å². The summed E-state index contributed by atoms with van der Waals surface area (Å²) in [4.78, 5) is 0. The number of benzene rings is 1. The zero-order chi connectivity index (χ0) is 15.2. The van der Waals surface area contributed by atoms with E-state index in [1.807, 2.05) is 27.0 Å². The maximum absolute atomic E-state index is 5.72. The van der Waals surface area contributed by atoms with Crippen LogP contribution in [0, 0.1) is 0 Å². The van der Waals surface area contributed by atoms with E-state index in [0.29, 0.717) is 19.3 Å². The molecular formula is C17H29NO2. The van der Waals surface area contributed by atoms with Crippen LogP contribution in [-0.4, -0.2) is 26.3 Å². The van der Waals surface area contributed by atoms with Crippen LogP contribution in [0.1, 0.15) is 46.6 Å². The number of nitrogens with one attached hydrogen (secondary N) is 1. The number of hydrogen-bond donors (Lipinski definition) is 1. The predicted octanol–water partition coefficient (Wildman–Crippen LogP) is 3.76. The summed E-state index contributed by atoms with van der Waals surface area (Å²) in [6.07, 6.45) is 1.07.